The van der Waals surface area contributed by atoms with Crippen LogP contribution in [-0.2, 0) is 0 Å². The Balaban J connectivity index is 1.06. The van der Waals surface area contributed by atoms with E-state index in [0.717, 1.165) is 49.7 Å². The second kappa shape index (κ2) is 12.6. The summed E-state index contributed by atoms with van der Waals surface area (Å²) in [6, 6.07) is 66.8. The van der Waals surface area contributed by atoms with Crippen molar-refractivity contribution in [1.29, 1.82) is 0 Å². The molecule has 0 N–H and O–H groups in total. The van der Waals surface area contributed by atoms with Crippen molar-refractivity contribution in [2.45, 2.75) is 0 Å². The molecule has 0 aliphatic carbocycles. The number of fused-ring (bicyclic) bond motifs is 9. The summed E-state index contributed by atoms with van der Waals surface area (Å²) >= 11 is 1.85. The van der Waals surface area contributed by atoms with Crippen molar-refractivity contribution in [3.8, 4) is 45.5 Å². The number of benzene rings is 8. The zero-order valence-electron chi connectivity index (χ0n) is 30.5. The fourth-order valence-electron chi connectivity index (χ4n) is 8.57. The summed E-state index contributed by atoms with van der Waals surface area (Å²) in [6.07, 6.45) is 0. The van der Waals surface area contributed by atoms with E-state index in [1.54, 1.807) is 0 Å². The van der Waals surface area contributed by atoms with Crippen molar-refractivity contribution < 1.29 is 0 Å². The van der Waals surface area contributed by atoms with Gasteiger partial charge in [0.25, 0.3) is 0 Å². The van der Waals surface area contributed by atoms with Gasteiger partial charge < -0.3 is 4.57 Å². The summed E-state index contributed by atoms with van der Waals surface area (Å²) < 4.78 is 7.16. The van der Waals surface area contributed by atoms with Crippen LogP contribution in [0.1, 0.15) is 0 Å². The van der Waals surface area contributed by atoms with Crippen molar-refractivity contribution >= 4 is 75.1 Å². The maximum Gasteiger partial charge on any atom is 0.238 e. The molecule has 0 radical (unpaired) electrons. The number of hydrogen-bond acceptors (Lipinski definition) is 4. The average Bonchev–Trinajstić information content (AvgIpc) is 3.94. The van der Waals surface area contributed by atoms with E-state index in [1.807, 2.05) is 29.5 Å². The molecule has 12 rings (SSSR count). The first-order valence-electron chi connectivity index (χ1n) is 19.1. The van der Waals surface area contributed by atoms with Gasteiger partial charge in [-0.3, -0.25) is 4.57 Å². The van der Waals surface area contributed by atoms with Gasteiger partial charge in [0, 0.05) is 58.5 Å². The van der Waals surface area contributed by atoms with Crippen molar-refractivity contribution in [3.05, 3.63) is 188 Å². The quantitative estimate of drug-likeness (QED) is 0.176. The van der Waals surface area contributed by atoms with Crippen LogP contribution in [0, 0.1) is 0 Å². The molecule has 0 spiro atoms. The van der Waals surface area contributed by atoms with Gasteiger partial charge in [0.15, 0.2) is 11.6 Å². The minimum atomic E-state index is 0.584. The van der Waals surface area contributed by atoms with Crippen LogP contribution in [0.25, 0.3) is 109 Å². The number of aromatic nitrogens is 5. The fraction of sp³-hybridized carbons (Fsp3) is 0. The molecule has 4 heterocycles. The van der Waals surface area contributed by atoms with Crippen LogP contribution >= 0.6 is 11.3 Å². The van der Waals surface area contributed by atoms with Gasteiger partial charge in [-0.1, -0.05) is 140 Å². The molecule has 0 saturated heterocycles. The van der Waals surface area contributed by atoms with Crippen LogP contribution in [0.3, 0.4) is 0 Å². The molecule has 0 atom stereocenters. The van der Waals surface area contributed by atoms with E-state index in [-0.39, 0.29) is 0 Å². The van der Waals surface area contributed by atoms with Crippen molar-refractivity contribution in [1.82, 2.24) is 24.1 Å². The number of nitrogens with zero attached hydrogens (tertiary/aromatic N) is 5. The predicted octanol–water partition coefficient (Wildman–Crippen LogP) is 13.4. The first-order chi connectivity index (χ1) is 28.2. The van der Waals surface area contributed by atoms with E-state index in [1.165, 1.54) is 42.1 Å². The molecule has 8 aromatic carbocycles. The second-order valence-corrected chi connectivity index (χ2v) is 15.5. The summed E-state index contributed by atoms with van der Waals surface area (Å²) in [6.45, 7) is 0. The van der Waals surface area contributed by atoms with E-state index in [9.17, 15) is 0 Å². The SMILES string of the molecule is c1ccc(-c2nc(-c3ccc4c5ccccc5n(-c5cccc(-c6ccc7c(c6)sc6ccccc67)c5)c4c3)nc(-n3c4ccccc4c4ccccc43)n2)cc1. The van der Waals surface area contributed by atoms with Crippen molar-refractivity contribution in [2.24, 2.45) is 0 Å². The molecule has 0 unspecified atom stereocenters. The number of rotatable bonds is 5. The van der Waals surface area contributed by atoms with Gasteiger partial charge >= 0.3 is 0 Å². The van der Waals surface area contributed by atoms with E-state index in [2.05, 4.69) is 179 Å². The molecule has 57 heavy (non-hydrogen) atoms. The highest BCUT2D eigenvalue weighted by Crippen LogP contribution is 2.39. The molecular formula is C51H31N5S. The Labute approximate surface area is 331 Å². The van der Waals surface area contributed by atoms with Crippen LogP contribution in [0.15, 0.2) is 188 Å². The largest absolute Gasteiger partial charge is 0.309 e. The maximum absolute atomic E-state index is 5.26. The zero-order valence-corrected chi connectivity index (χ0v) is 31.4. The summed E-state index contributed by atoms with van der Waals surface area (Å²) in [5.74, 6) is 1.83. The van der Waals surface area contributed by atoms with Gasteiger partial charge in [0.05, 0.1) is 22.1 Å². The zero-order chi connectivity index (χ0) is 37.5. The lowest BCUT2D eigenvalue weighted by molar-refractivity contribution is 0.953. The fourth-order valence-corrected chi connectivity index (χ4v) is 9.71. The van der Waals surface area contributed by atoms with E-state index < -0.39 is 0 Å². The van der Waals surface area contributed by atoms with Crippen LogP contribution in [0.5, 0.6) is 0 Å². The highest BCUT2D eigenvalue weighted by atomic mass is 32.1. The molecule has 266 valence electrons. The molecule has 6 heteroatoms. The van der Waals surface area contributed by atoms with E-state index >= 15 is 0 Å². The summed E-state index contributed by atoms with van der Waals surface area (Å²) in [5.41, 5.74) is 9.67. The van der Waals surface area contributed by atoms with Crippen molar-refractivity contribution in [3.63, 3.8) is 0 Å². The normalized spacial score (nSPS) is 11.9. The lowest BCUT2D eigenvalue weighted by Crippen LogP contribution is -2.06. The number of para-hydroxylation sites is 3. The van der Waals surface area contributed by atoms with Crippen LogP contribution < -0.4 is 0 Å². The first kappa shape index (κ1) is 31.9. The molecule has 4 aromatic heterocycles. The van der Waals surface area contributed by atoms with E-state index in [4.69, 9.17) is 15.0 Å². The Morgan fingerprint density at radius 3 is 1.58 bits per heavy atom. The monoisotopic (exact) mass is 745 g/mol. The maximum atomic E-state index is 5.26. The summed E-state index contributed by atoms with van der Waals surface area (Å²) in [4.78, 5) is 15.6. The molecule has 0 bridgehead atoms. The van der Waals surface area contributed by atoms with Gasteiger partial charge in [-0.15, -0.1) is 11.3 Å². The second-order valence-electron chi connectivity index (χ2n) is 14.5. The Morgan fingerprint density at radius 2 is 0.842 bits per heavy atom. The third kappa shape index (κ3) is 5.04. The molecule has 0 saturated carbocycles. The highest BCUT2D eigenvalue weighted by molar-refractivity contribution is 7.25. The Morgan fingerprint density at radius 1 is 0.316 bits per heavy atom. The lowest BCUT2D eigenvalue weighted by atomic mass is 10.0. The van der Waals surface area contributed by atoms with Gasteiger partial charge in [0.2, 0.25) is 5.95 Å². The van der Waals surface area contributed by atoms with Crippen LogP contribution in [0.2, 0.25) is 0 Å². The average molecular weight is 746 g/mol. The lowest BCUT2D eigenvalue weighted by Gasteiger charge is -2.12. The van der Waals surface area contributed by atoms with E-state index in [0.29, 0.717) is 17.6 Å². The molecule has 0 fully saturated rings. The third-order valence-electron chi connectivity index (χ3n) is 11.2. The van der Waals surface area contributed by atoms with Crippen LogP contribution in [-0.4, -0.2) is 24.1 Å². The Bertz CT molecular complexity index is 3490. The Kier molecular flexibility index (Phi) is 7.03. The standard InChI is InChI=1S/C51H31N5S/c1-2-13-32(14-3-1)49-52-50(54-51(53-49)56-44-22-9-5-17-37(44)38-18-6-10-23-45(38)56)35-26-27-40-39-19-4-8-21-43(39)55(46(40)30-35)36-16-12-15-33(29-36)34-25-28-42-41-20-7-11-24-47(41)57-48(42)31-34/h1-31H. The van der Waals surface area contributed by atoms with Gasteiger partial charge in [0.1, 0.15) is 0 Å². The summed E-state index contributed by atoms with van der Waals surface area (Å²) in [7, 11) is 0. The molecule has 5 nitrogen and oxygen atoms in total. The molecule has 12 aromatic rings. The smallest absolute Gasteiger partial charge is 0.238 e. The molecule has 0 amide bonds. The molecule has 0 aliphatic rings. The summed E-state index contributed by atoms with van der Waals surface area (Å²) in [5, 5.41) is 7.31. The number of thiophene rings is 1. The van der Waals surface area contributed by atoms with Gasteiger partial charge in [-0.2, -0.15) is 9.97 Å². The predicted molar refractivity (Wildman–Crippen MR) is 238 cm³/mol. The van der Waals surface area contributed by atoms with Crippen LogP contribution in [0.4, 0.5) is 0 Å². The Hall–Kier alpha value is -7.41. The molecule has 0 aliphatic heterocycles. The van der Waals surface area contributed by atoms with Crippen molar-refractivity contribution in [2.75, 3.05) is 0 Å². The number of hydrogen-bond donors (Lipinski definition) is 0. The van der Waals surface area contributed by atoms with Gasteiger partial charge in [-0.05, 0) is 59.7 Å². The third-order valence-corrected chi connectivity index (χ3v) is 12.3. The topological polar surface area (TPSA) is 48.5 Å². The van der Waals surface area contributed by atoms with Gasteiger partial charge in [-0.25, -0.2) is 4.98 Å². The minimum Gasteiger partial charge on any atom is -0.309 e. The molecular weight excluding hydrogens is 715 g/mol. The minimum absolute atomic E-state index is 0.584. The highest BCUT2D eigenvalue weighted by Gasteiger charge is 2.19. The first-order valence-corrected chi connectivity index (χ1v) is 19.9.